The minimum atomic E-state index is -4.64. The molecule has 2 atom stereocenters. The molecule has 0 spiro atoms. The van der Waals surface area contributed by atoms with Crippen LogP contribution >= 0.6 is 10.0 Å². The minimum Gasteiger partial charge on any atom is -0.360 e. The average Bonchev–Trinajstić information content (AvgIpc) is 3.55. The SMILES string of the molecule is CN1C2CCC1CN(c1nc(NCc3nc4c(F)cccc4n3COCCS(C)(C)C)n3ncc(C(F)(F)F)c3n1)C2. The number of hydrogen-bond donors (Lipinski definition) is 1. The second kappa shape index (κ2) is 10.8. The summed E-state index contributed by atoms with van der Waals surface area (Å²) in [5.74, 6) is 1.21. The normalized spacial score (nSPS) is 20.2. The molecule has 228 valence electrons. The van der Waals surface area contributed by atoms with Gasteiger partial charge in [-0.3, -0.25) is 4.90 Å². The number of hydrogen-bond acceptors (Lipinski definition) is 8. The summed E-state index contributed by atoms with van der Waals surface area (Å²) in [7, 11) is 1.33. The lowest BCUT2D eigenvalue weighted by Gasteiger charge is -2.38. The van der Waals surface area contributed by atoms with Gasteiger partial charge in [0.2, 0.25) is 11.9 Å². The lowest BCUT2D eigenvalue weighted by Crippen LogP contribution is -2.52. The number of likely N-dealkylation sites (N-methyl/N-ethyl adjacent to an activating group) is 1. The maximum absolute atomic E-state index is 14.7. The first-order valence-electron chi connectivity index (χ1n) is 13.8. The van der Waals surface area contributed by atoms with Crippen molar-refractivity contribution in [2.24, 2.45) is 0 Å². The minimum absolute atomic E-state index is 0.0444. The molecule has 0 radical (unpaired) electrons. The fourth-order valence-corrected chi connectivity index (χ4v) is 6.28. The Hall–Kier alpha value is -3.17. The Balaban J connectivity index is 1.33. The first-order chi connectivity index (χ1) is 19.9. The Bertz CT molecular complexity index is 1580. The molecule has 2 saturated heterocycles. The zero-order valence-corrected chi connectivity index (χ0v) is 24.8. The lowest BCUT2D eigenvalue weighted by atomic mass is 10.2. The van der Waals surface area contributed by atoms with Gasteiger partial charge in [0.15, 0.2) is 11.5 Å². The van der Waals surface area contributed by atoms with Crippen molar-refractivity contribution in [3.05, 3.63) is 41.6 Å². The van der Waals surface area contributed by atoms with Gasteiger partial charge in [-0.15, -0.1) is 0 Å². The predicted octanol–water partition coefficient (Wildman–Crippen LogP) is 4.19. The fraction of sp³-hybridized carbons (Fsp3) is 0.556. The molecule has 0 saturated carbocycles. The van der Waals surface area contributed by atoms with Crippen molar-refractivity contribution in [3.8, 4) is 0 Å². The monoisotopic (exact) mass is 609 g/mol. The number of rotatable bonds is 9. The largest absolute Gasteiger partial charge is 0.421 e. The highest BCUT2D eigenvalue weighted by Crippen LogP contribution is 2.35. The highest BCUT2D eigenvalue weighted by Gasteiger charge is 2.40. The van der Waals surface area contributed by atoms with E-state index in [1.54, 1.807) is 16.7 Å². The summed E-state index contributed by atoms with van der Waals surface area (Å²) in [5.41, 5.74) is -0.502. The Morgan fingerprint density at radius 2 is 1.81 bits per heavy atom. The smallest absolute Gasteiger partial charge is 0.360 e. The van der Waals surface area contributed by atoms with Gasteiger partial charge in [-0.1, -0.05) is 6.07 Å². The van der Waals surface area contributed by atoms with Gasteiger partial charge in [-0.05, 0) is 50.8 Å². The highest BCUT2D eigenvalue weighted by molar-refractivity contribution is 8.32. The van der Waals surface area contributed by atoms with Crippen molar-refractivity contribution in [2.45, 2.75) is 44.4 Å². The van der Waals surface area contributed by atoms with Gasteiger partial charge in [0.1, 0.15) is 23.6 Å². The number of alkyl halides is 3. The number of para-hydroxylation sites is 1. The first-order valence-corrected chi connectivity index (χ1v) is 16.8. The van der Waals surface area contributed by atoms with Gasteiger partial charge in [-0.25, -0.2) is 19.4 Å². The molecule has 1 N–H and O–H groups in total. The summed E-state index contributed by atoms with van der Waals surface area (Å²) in [4.78, 5) is 17.8. The third-order valence-corrected chi connectivity index (χ3v) is 9.46. The molecule has 2 bridgehead atoms. The number of fused-ring (bicyclic) bond motifs is 4. The lowest BCUT2D eigenvalue weighted by molar-refractivity contribution is -0.136. The number of ether oxygens (including phenoxy) is 1. The molecule has 2 aliphatic rings. The molecule has 2 fully saturated rings. The number of anilines is 2. The standard InChI is InChI=1S/C27H35F4N9OS/c1-37-17-8-9-18(37)15-38(14-17)26-35-24-19(27(29,30)31)12-33-40(24)25(36-26)32-13-22-34-23-20(28)6-5-7-21(23)39(22)16-41-10-11-42(2,3)4/h5-7,12,17-18H,8-11,13-16H2,1-4H3,(H,32,35,36). The van der Waals surface area contributed by atoms with E-state index in [1.165, 1.54) is 6.07 Å². The molecular weight excluding hydrogens is 574 g/mol. The molecule has 5 heterocycles. The average molecular weight is 610 g/mol. The van der Waals surface area contributed by atoms with E-state index in [0.717, 1.165) is 29.3 Å². The third kappa shape index (κ3) is 5.61. The Labute approximate surface area is 242 Å². The molecule has 1 aromatic carbocycles. The molecule has 0 aliphatic carbocycles. The van der Waals surface area contributed by atoms with E-state index in [0.29, 0.717) is 43.1 Å². The molecule has 15 heteroatoms. The second-order valence-electron chi connectivity index (χ2n) is 11.8. The third-order valence-electron chi connectivity index (χ3n) is 8.07. The maximum atomic E-state index is 14.7. The molecule has 6 rings (SSSR count). The Morgan fingerprint density at radius 3 is 2.50 bits per heavy atom. The van der Waals surface area contributed by atoms with Crippen molar-refractivity contribution in [3.63, 3.8) is 0 Å². The van der Waals surface area contributed by atoms with E-state index < -0.39 is 27.6 Å². The van der Waals surface area contributed by atoms with Gasteiger partial charge >= 0.3 is 6.18 Å². The second-order valence-corrected chi connectivity index (χ2v) is 16.4. The quantitative estimate of drug-likeness (QED) is 0.223. The van der Waals surface area contributed by atoms with E-state index in [1.807, 2.05) is 4.90 Å². The van der Waals surface area contributed by atoms with Gasteiger partial charge in [-0.2, -0.15) is 32.8 Å². The van der Waals surface area contributed by atoms with Crippen LogP contribution in [0, 0.1) is 5.82 Å². The molecule has 10 nitrogen and oxygen atoms in total. The van der Waals surface area contributed by atoms with Crippen molar-refractivity contribution < 1.29 is 22.3 Å². The number of piperazine rings is 1. The van der Waals surface area contributed by atoms with E-state index in [4.69, 9.17) is 4.74 Å². The van der Waals surface area contributed by atoms with Gasteiger partial charge in [0.25, 0.3) is 0 Å². The fourth-order valence-electron chi connectivity index (χ4n) is 5.66. The van der Waals surface area contributed by atoms with Crippen LogP contribution in [0.2, 0.25) is 0 Å². The molecule has 4 aromatic rings. The Kier molecular flexibility index (Phi) is 7.46. The summed E-state index contributed by atoms with van der Waals surface area (Å²) >= 11 is 0. The summed E-state index contributed by atoms with van der Waals surface area (Å²) in [6.45, 7) is 1.99. The van der Waals surface area contributed by atoms with Gasteiger partial charge in [0, 0.05) is 30.9 Å². The van der Waals surface area contributed by atoms with Crippen LogP contribution in [-0.2, 0) is 24.2 Å². The highest BCUT2D eigenvalue weighted by atomic mass is 32.3. The van der Waals surface area contributed by atoms with Crippen LogP contribution < -0.4 is 10.2 Å². The number of nitrogens with one attached hydrogen (secondary N) is 1. The topological polar surface area (TPSA) is 88.6 Å². The molecule has 2 unspecified atom stereocenters. The van der Waals surface area contributed by atoms with Crippen LogP contribution in [0.3, 0.4) is 0 Å². The number of halogens is 4. The van der Waals surface area contributed by atoms with Crippen LogP contribution in [0.15, 0.2) is 24.4 Å². The predicted molar refractivity (Wildman–Crippen MR) is 156 cm³/mol. The van der Waals surface area contributed by atoms with Crippen LogP contribution in [0.4, 0.5) is 29.5 Å². The summed E-state index contributed by atoms with van der Waals surface area (Å²) < 4.78 is 65.2. The van der Waals surface area contributed by atoms with E-state index in [2.05, 4.69) is 56.1 Å². The van der Waals surface area contributed by atoms with Gasteiger partial charge in [0.05, 0.1) is 24.9 Å². The van der Waals surface area contributed by atoms with Crippen molar-refractivity contribution >= 4 is 38.6 Å². The zero-order valence-electron chi connectivity index (χ0n) is 24.0. The van der Waals surface area contributed by atoms with Gasteiger partial charge < -0.3 is 19.5 Å². The van der Waals surface area contributed by atoms with E-state index >= 15 is 0 Å². The number of imidazole rings is 1. The molecule has 2 aliphatic heterocycles. The van der Waals surface area contributed by atoms with Crippen molar-refractivity contribution in [1.29, 1.82) is 0 Å². The molecule has 42 heavy (non-hydrogen) atoms. The molecule has 3 aromatic heterocycles. The summed E-state index contributed by atoms with van der Waals surface area (Å²) in [5, 5.41) is 7.09. The van der Waals surface area contributed by atoms with Crippen molar-refractivity contribution in [1.82, 2.24) is 34.0 Å². The maximum Gasteiger partial charge on any atom is 0.421 e. The molecular formula is C27H35F4N9OS. The van der Waals surface area contributed by atoms with Crippen LogP contribution in [0.5, 0.6) is 0 Å². The van der Waals surface area contributed by atoms with E-state index in [-0.39, 0.29) is 36.3 Å². The van der Waals surface area contributed by atoms with Crippen molar-refractivity contribution in [2.75, 3.05) is 61.5 Å². The number of nitrogens with zero attached hydrogens (tertiary/aromatic N) is 8. The van der Waals surface area contributed by atoms with Crippen LogP contribution in [0.1, 0.15) is 24.2 Å². The van der Waals surface area contributed by atoms with E-state index in [9.17, 15) is 17.6 Å². The first kappa shape index (κ1) is 28.9. The number of aromatic nitrogens is 6. The molecule has 0 amide bonds. The Morgan fingerprint density at radius 1 is 1.07 bits per heavy atom. The number of benzene rings is 1. The summed E-state index contributed by atoms with van der Waals surface area (Å²) in [6.07, 6.45) is 4.80. The zero-order chi connectivity index (χ0) is 29.8. The van der Waals surface area contributed by atoms with Crippen LogP contribution in [0.25, 0.3) is 16.7 Å². The van der Waals surface area contributed by atoms with Crippen LogP contribution in [-0.4, -0.2) is 97.4 Å². The summed E-state index contributed by atoms with van der Waals surface area (Å²) in [6, 6.07) is 5.30.